The van der Waals surface area contributed by atoms with Crippen LogP contribution in [-0.4, -0.2) is 28.9 Å². The molecule has 4 aromatic rings. The first-order chi connectivity index (χ1) is 21.2. The molecule has 0 saturated carbocycles. The zero-order valence-corrected chi connectivity index (χ0v) is 27.1. The quantitative estimate of drug-likeness (QED) is 0.108. The molecule has 2 N–H and O–H groups in total. The minimum atomic E-state index is -0.581. The van der Waals surface area contributed by atoms with Gasteiger partial charge >= 0.3 is 0 Å². The van der Waals surface area contributed by atoms with Gasteiger partial charge in [0.05, 0.1) is 10.9 Å². The lowest BCUT2D eigenvalue weighted by atomic mass is 10.0. The van der Waals surface area contributed by atoms with Gasteiger partial charge in [-0.2, -0.15) is 0 Å². The molecule has 9 heteroatoms. The van der Waals surface area contributed by atoms with Crippen molar-refractivity contribution in [2.75, 3.05) is 10.2 Å². The monoisotopic (exact) mass is 715 g/mol. The number of nitrogens with one attached hydrogen (secondary N) is 2. The van der Waals surface area contributed by atoms with Gasteiger partial charge < -0.3 is 10.6 Å². The minimum absolute atomic E-state index is 0.0823. The van der Waals surface area contributed by atoms with Crippen LogP contribution in [0.3, 0.4) is 0 Å². The first-order valence-electron chi connectivity index (χ1n) is 14.1. The number of amides is 4. The standard InChI is InChI=1S/C35H30IN3O4S/c1-22(2)24-13-11-23(12-14-24)19-30(38-33(41)25-7-4-3-5-8-25)34(42)37-27-9-6-10-29(20-27)44-31-21-32(40)39(35(31)43)28-17-15-26(36)16-18-28/h3-20,22,31H,21H2,1-2H3,(H,37,42)(H,38,41)/b30-19-. The molecule has 1 aliphatic heterocycles. The van der Waals surface area contributed by atoms with Gasteiger partial charge in [0.2, 0.25) is 11.8 Å². The SMILES string of the molecule is CC(C)c1ccc(/C=C(\NC(=O)c2ccccc2)C(=O)Nc2cccc(SC3CC(=O)N(c4ccc(I)cc4)C3=O)c2)cc1. The molecular formula is C35H30IN3O4S. The highest BCUT2D eigenvalue weighted by molar-refractivity contribution is 14.1. The number of imide groups is 1. The Bertz CT molecular complexity index is 1720. The van der Waals surface area contributed by atoms with Crippen LogP contribution in [0.5, 0.6) is 0 Å². The van der Waals surface area contributed by atoms with Crippen molar-refractivity contribution in [3.8, 4) is 0 Å². The van der Waals surface area contributed by atoms with Crippen molar-refractivity contribution in [3.63, 3.8) is 0 Å². The molecule has 1 aliphatic rings. The van der Waals surface area contributed by atoms with E-state index in [1.54, 1.807) is 60.7 Å². The molecule has 7 nitrogen and oxygen atoms in total. The molecule has 5 rings (SSSR count). The van der Waals surface area contributed by atoms with E-state index < -0.39 is 17.1 Å². The van der Waals surface area contributed by atoms with E-state index in [0.717, 1.165) is 14.0 Å². The van der Waals surface area contributed by atoms with Crippen molar-refractivity contribution in [3.05, 3.63) is 129 Å². The van der Waals surface area contributed by atoms with Crippen molar-refractivity contribution in [1.82, 2.24) is 5.32 Å². The van der Waals surface area contributed by atoms with Gasteiger partial charge in [0.1, 0.15) is 5.70 Å². The number of carbonyl (C=O) groups excluding carboxylic acids is 4. The number of anilines is 2. The zero-order chi connectivity index (χ0) is 31.2. The smallest absolute Gasteiger partial charge is 0.272 e. The molecule has 1 heterocycles. The van der Waals surface area contributed by atoms with Crippen LogP contribution in [-0.2, 0) is 14.4 Å². The number of nitrogens with zero attached hydrogens (tertiary/aromatic N) is 1. The van der Waals surface area contributed by atoms with Crippen LogP contribution in [0.25, 0.3) is 6.08 Å². The van der Waals surface area contributed by atoms with Crippen LogP contribution in [0.2, 0.25) is 0 Å². The van der Waals surface area contributed by atoms with Crippen molar-refractivity contribution in [2.24, 2.45) is 0 Å². The van der Waals surface area contributed by atoms with Crippen molar-refractivity contribution in [1.29, 1.82) is 0 Å². The van der Waals surface area contributed by atoms with E-state index in [1.165, 1.54) is 22.2 Å². The summed E-state index contributed by atoms with van der Waals surface area (Å²) in [6, 6.07) is 30.8. The normalized spacial score (nSPS) is 15.0. The highest BCUT2D eigenvalue weighted by Crippen LogP contribution is 2.35. The number of halogens is 1. The Kier molecular flexibility index (Phi) is 9.96. The van der Waals surface area contributed by atoms with Crippen LogP contribution in [0.15, 0.2) is 114 Å². The summed E-state index contributed by atoms with van der Waals surface area (Å²) in [5, 5.41) is 5.06. The number of benzene rings is 4. The molecular weight excluding hydrogens is 685 g/mol. The van der Waals surface area contributed by atoms with E-state index in [0.29, 0.717) is 22.9 Å². The highest BCUT2D eigenvalue weighted by atomic mass is 127. The minimum Gasteiger partial charge on any atom is -0.321 e. The Balaban J connectivity index is 1.33. The first kappa shape index (κ1) is 31.2. The summed E-state index contributed by atoms with van der Waals surface area (Å²) in [7, 11) is 0. The predicted octanol–water partition coefficient (Wildman–Crippen LogP) is 7.25. The van der Waals surface area contributed by atoms with Crippen molar-refractivity contribution >= 4 is 75.4 Å². The molecule has 0 aromatic heterocycles. The number of thioether (sulfide) groups is 1. The maximum absolute atomic E-state index is 13.5. The maximum atomic E-state index is 13.5. The number of rotatable bonds is 9. The maximum Gasteiger partial charge on any atom is 0.272 e. The summed E-state index contributed by atoms with van der Waals surface area (Å²) in [5.41, 5.74) is 3.48. The van der Waals surface area contributed by atoms with Gasteiger partial charge in [-0.25, -0.2) is 4.90 Å². The lowest BCUT2D eigenvalue weighted by Gasteiger charge is -2.15. The van der Waals surface area contributed by atoms with E-state index >= 15 is 0 Å². The lowest BCUT2D eigenvalue weighted by Crippen LogP contribution is -2.31. The van der Waals surface area contributed by atoms with Crippen LogP contribution in [0.1, 0.15) is 47.7 Å². The van der Waals surface area contributed by atoms with Gasteiger partial charge in [0, 0.05) is 26.1 Å². The van der Waals surface area contributed by atoms with E-state index in [2.05, 4.69) is 47.1 Å². The molecule has 4 amide bonds. The summed E-state index contributed by atoms with van der Waals surface area (Å²) in [6.45, 7) is 4.22. The summed E-state index contributed by atoms with van der Waals surface area (Å²) in [6.07, 6.45) is 1.72. The van der Waals surface area contributed by atoms with Crippen molar-refractivity contribution in [2.45, 2.75) is 36.3 Å². The third-order valence-corrected chi connectivity index (χ3v) is 8.90. The van der Waals surface area contributed by atoms with E-state index in [4.69, 9.17) is 0 Å². The molecule has 44 heavy (non-hydrogen) atoms. The Morgan fingerprint density at radius 3 is 2.30 bits per heavy atom. The lowest BCUT2D eigenvalue weighted by molar-refractivity contribution is -0.121. The van der Waals surface area contributed by atoms with Crippen LogP contribution in [0, 0.1) is 3.57 Å². The topological polar surface area (TPSA) is 95.6 Å². The number of hydrogen-bond donors (Lipinski definition) is 2. The van der Waals surface area contributed by atoms with E-state index in [-0.39, 0.29) is 23.9 Å². The summed E-state index contributed by atoms with van der Waals surface area (Å²) >= 11 is 3.45. The van der Waals surface area contributed by atoms with E-state index in [1.807, 2.05) is 48.5 Å². The fourth-order valence-electron chi connectivity index (χ4n) is 4.65. The van der Waals surface area contributed by atoms with Crippen molar-refractivity contribution < 1.29 is 19.2 Å². The molecule has 222 valence electrons. The van der Waals surface area contributed by atoms with Gasteiger partial charge in [-0.15, -0.1) is 11.8 Å². The van der Waals surface area contributed by atoms with Crippen LogP contribution in [0.4, 0.5) is 11.4 Å². The fraction of sp³-hybridized carbons (Fsp3) is 0.143. The Morgan fingerprint density at radius 2 is 1.61 bits per heavy atom. The molecule has 4 aromatic carbocycles. The third kappa shape index (κ3) is 7.64. The molecule has 0 aliphatic carbocycles. The fourth-order valence-corrected chi connectivity index (χ4v) is 6.13. The summed E-state index contributed by atoms with van der Waals surface area (Å²) in [5.74, 6) is -1.06. The second kappa shape index (κ2) is 14.0. The molecule has 1 unspecified atom stereocenters. The number of carbonyl (C=O) groups is 4. The summed E-state index contributed by atoms with van der Waals surface area (Å²) in [4.78, 5) is 54.4. The third-order valence-electron chi connectivity index (χ3n) is 7.00. The molecule has 1 atom stereocenters. The van der Waals surface area contributed by atoms with Gasteiger partial charge in [-0.1, -0.05) is 62.4 Å². The van der Waals surface area contributed by atoms with Gasteiger partial charge in [-0.05, 0) is 100 Å². The number of hydrogen-bond acceptors (Lipinski definition) is 5. The molecule has 1 fully saturated rings. The second-order valence-electron chi connectivity index (χ2n) is 10.5. The molecule has 1 saturated heterocycles. The predicted molar refractivity (Wildman–Crippen MR) is 183 cm³/mol. The molecule has 0 spiro atoms. The van der Waals surface area contributed by atoms with Gasteiger partial charge in [0.25, 0.3) is 11.8 Å². The first-order valence-corrected chi connectivity index (χ1v) is 16.0. The second-order valence-corrected chi connectivity index (χ2v) is 13.1. The summed E-state index contributed by atoms with van der Waals surface area (Å²) < 4.78 is 1.01. The van der Waals surface area contributed by atoms with E-state index in [9.17, 15) is 19.2 Å². The zero-order valence-electron chi connectivity index (χ0n) is 24.1. The Hall–Kier alpha value is -4.22. The largest absolute Gasteiger partial charge is 0.321 e. The average Bonchev–Trinajstić information content (AvgIpc) is 3.29. The Labute approximate surface area is 274 Å². The van der Waals surface area contributed by atoms with Gasteiger partial charge in [-0.3, -0.25) is 19.2 Å². The average molecular weight is 716 g/mol. The van der Waals surface area contributed by atoms with Gasteiger partial charge in [0.15, 0.2) is 0 Å². The Morgan fingerprint density at radius 1 is 0.909 bits per heavy atom. The van der Waals surface area contributed by atoms with Crippen LogP contribution >= 0.6 is 34.4 Å². The highest BCUT2D eigenvalue weighted by Gasteiger charge is 2.40. The van der Waals surface area contributed by atoms with Crippen LogP contribution < -0.4 is 15.5 Å². The molecule has 0 bridgehead atoms. The molecule has 0 radical (unpaired) electrons.